The fraction of sp³-hybridized carbons (Fsp3) is 0.647. The third-order valence-electron chi connectivity index (χ3n) is 7.44. The summed E-state index contributed by atoms with van der Waals surface area (Å²) in [6, 6.07) is 13.5. The van der Waals surface area contributed by atoms with Crippen LogP contribution in [0.25, 0.3) is 0 Å². The Morgan fingerprint density at radius 3 is 1.27 bits per heavy atom. The van der Waals surface area contributed by atoms with Gasteiger partial charge in [0.15, 0.2) is 0 Å². The third-order valence-corrected chi connectivity index (χ3v) is 7.44. The predicted molar refractivity (Wildman–Crippen MR) is 167 cm³/mol. The second-order valence-corrected chi connectivity index (χ2v) is 11.0. The SMILES string of the molecule is CCCCCCCCCCCCCCCCCCCCCCOc1ccc(N=Nc2ccc([N+](=O)[O-])cc2)cc1. The molecule has 0 spiro atoms. The minimum atomic E-state index is -0.429. The zero-order valence-electron chi connectivity index (χ0n) is 25.0. The standard InChI is InChI=1S/C34H53N3O3/c1-2-3-4-5-6-7-8-9-10-11-12-13-14-15-16-17-18-19-20-21-30-40-34-28-24-32(25-29-34)36-35-31-22-26-33(27-23-31)37(38)39/h22-29H,2-21,30H2,1H3. The van der Waals surface area contributed by atoms with E-state index in [1.54, 1.807) is 12.1 Å². The molecule has 2 aromatic carbocycles. The summed E-state index contributed by atoms with van der Waals surface area (Å²) in [6.45, 7) is 3.03. The molecule has 2 aromatic rings. The van der Waals surface area contributed by atoms with E-state index in [0.717, 1.165) is 18.8 Å². The summed E-state index contributed by atoms with van der Waals surface area (Å²) >= 11 is 0. The lowest BCUT2D eigenvalue weighted by Crippen LogP contribution is -1.96. The number of hydrogen-bond donors (Lipinski definition) is 0. The molecule has 0 aromatic heterocycles. The molecule has 2 rings (SSSR count). The molecule has 0 aliphatic heterocycles. The summed E-state index contributed by atoms with van der Waals surface area (Å²) in [7, 11) is 0. The molecule has 0 aliphatic rings. The second kappa shape index (κ2) is 23.0. The maximum atomic E-state index is 10.7. The van der Waals surface area contributed by atoms with Crippen LogP contribution in [-0.4, -0.2) is 11.5 Å². The average Bonchev–Trinajstić information content (AvgIpc) is 2.97. The first-order valence-electron chi connectivity index (χ1n) is 16.1. The zero-order chi connectivity index (χ0) is 28.5. The van der Waals surface area contributed by atoms with E-state index in [1.807, 2.05) is 24.3 Å². The van der Waals surface area contributed by atoms with Crippen LogP contribution >= 0.6 is 0 Å². The van der Waals surface area contributed by atoms with Crippen LogP contribution in [-0.2, 0) is 0 Å². The molecule has 6 heteroatoms. The number of hydrogen-bond acceptors (Lipinski definition) is 5. The van der Waals surface area contributed by atoms with E-state index in [2.05, 4.69) is 17.2 Å². The van der Waals surface area contributed by atoms with E-state index < -0.39 is 4.92 Å². The molecule has 0 N–H and O–H groups in total. The third kappa shape index (κ3) is 17.0. The number of rotatable bonds is 25. The van der Waals surface area contributed by atoms with Gasteiger partial charge in [0.2, 0.25) is 0 Å². The molecule has 0 saturated heterocycles. The van der Waals surface area contributed by atoms with Gasteiger partial charge < -0.3 is 4.74 Å². The lowest BCUT2D eigenvalue weighted by atomic mass is 10.0. The highest BCUT2D eigenvalue weighted by atomic mass is 16.6. The van der Waals surface area contributed by atoms with Gasteiger partial charge in [-0.2, -0.15) is 10.2 Å². The molecule has 0 radical (unpaired) electrons. The van der Waals surface area contributed by atoms with Crippen molar-refractivity contribution >= 4 is 17.1 Å². The Kier molecular flexibility index (Phi) is 19.2. The van der Waals surface area contributed by atoms with Crippen molar-refractivity contribution in [2.75, 3.05) is 6.61 Å². The maximum Gasteiger partial charge on any atom is 0.269 e. The van der Waals surface area contributed by atoms with Gasteiger partial charge in [-0.15, -0.1) is 0 Å². The molecular formula is C34H53N3O3. The molecule has 0 saturated carbocycles. The molecule has 0 aliphatic carbocycles. The molecular weight excluding hydrogens is 498 g/mol. The number of azo groups is 1. The maximum absolute atomic E-state index is 10.7. The lowest BCUT2D eigenvalue weighted by molar-refractivity contribution is -0.384. The van der Waals surface area contributed by atoms with Crippen LogP contribution < -0.4 is 4.74 Å². The number of nitrogens with zero attached hydrogens (tertiary/aromatic N) is 3. The number of unbranched alkanes of at least 4 members (excludes halogenated alkanes) is 19. The van der Waals surface area contributed by atoms with Crippen LogP contribution in [0.4, 0.5) is 17.1 Å². The van der Waals surface area contributed by atoms with Gasteiger partial charge in [-0.05, 0) is 42.8 Å². The Morgan fingerprint density at radius 2 is 0.900 bits per heavy atom. The summed E-state index contributed by atoms with van der Waals surface area (Å²) in [5.41, 5.74) is 1.33. The first kappa shape index (κ1) is 33.4. The van der Waals surface area contributed by atoms with Crippen molar-refractivity contribution in [2.24, 2.45) is 10.2 Å². The van der Waals surface area contributed by atoms with Crippen LogP contribution in [0.15, 0.2) is 58.8 Å². The van der Waals surface area contributed by atoms with Crippen LogP contribution in [0.1, 0.15) is 135 Å². The Bertz CT molecular complexity index is 913. The molecule has 0 fully saturated rings. The van der Waals surface area contributed by atoms with Gasteiger partial charge in [-0.3, -0.25) is 10.1 Å². The molecule has 0 atom stereocenters. The normalized spacial score (nSPS) is 11.3. The van der Waals surface area contributed by atoms with E-state index in [1.165, 1.54) is 134 Å². The minimum Gasteiger partial charge on any atom is -0.494 e. The highest BCUT2D eigenvalue weighted by Gasteiger charge is 2.03. The van der Waals surface area contributed by atoms with Gasteiger partial charge in [-0.1, -0.05) is 129 Å². The van der Waals surface area contributed by atoms with Crippen molar-refractivity contribution in [3.05, 3.63) is 58.6 Å². The average molecular weight is 552 g/mol. The molecule has 222 valence electrons. The van der Waals surface area contributed by atoms with Crippen LogP contribution in [0.5, 0.6) is 5.75 Å². The summed E-state index contributed by atoms with van der Waals surface area (Å²) in [5, 5.41) is 19.0. The Hall–Kier alpha value is -2.76. The smallest absolute Gasteiger partial charge is 0.269 e. The summed E-state index contributed by atoms with van der Waals surface area (Å²) < 4.78 is 5.86. The van der Waals surface area contributed by atoms with Crippen molar-refractivity contribution < 1.29 is 9.66 Å². The summed E-state index contributed by atoms with van der Waals surface area (Å²) in [6.07, 6.45) is 27.7. The zero-order valence-corrected chi connectivity index (χ0v) is 25.0. The molecule has 6 nitrogen and oxygen atoms in total. The number of ether oxygens (including phenoxy) is 1. The molecule has 0 heterocycles. The quantitative estimate of drug-likeness (QED) is 0.0533. The Balaban J connectivity index is 1.35. The fourth-order valence-corrected chi connectivity index (χ4v) is 4.91. The number of non-ortho nitro benzene ring substituents is 1. The van der Waals surface area contributed by atoms with Crippen molar-refractivity contribution in [2.45, 2.75) is 135 Å². The van der Waals surface area contributed by atoms with Gasteiger partial charge in [0.1, 0.15) is 5.75 Å². The van der Waals surface area contributed by atoms with Gasteiger partial charge in [0, 0.05) is 12.1 Å². The molecule has 0 bridgehead atoms. The van der Waals surface area contributed by atoms with E-state index in [9.17, 15) is 10.1 Å². The van der Waals surface area contributed by atoms with E-state index in [-0.39, 0.29) is 5.69 Å². The van der Waals surface area contributed by atoms with Crippen LogP contribution in [0.2, 0.25) is 0 Å². The van der Waals surface area contributed by atoms with E-state index in [0.29, 0.717) is 11.4 Å². The topological polar surface area (TPSA) is 77.1 Å². The minimum absolute atomic E-state index is 0.0423. The summed E-state index contributed by atoms with van der Waals surface area (Å²) in [4.78, 5) is 10.3. The van der Waals surface area contributed by atoms with E-state index in [4.69, 9.17) is 4.74 Å². The highest BCUT2D eigenvalue weighted by Crippen LogP contribution is 2.23. The summed E-state index contributed by atoms with van der Waals surface area (Å²) in [5.74, 6) is 0.840. The number of benzene rings is 2. The fourth-order valence-electron chi connectivity index (χ4n) is 4.91. The lowest BCUT2D eigenvalue weighted by Gasteiger charge is -2.06. The van der Waals surface area contributed by atoms with Crippen LogP contribution in [0.3, 0.4) is 0 Å². The highest BCUT2D eigenvalue weighted by molar-refractivity contribution is 5.45. The molecule has 40 heavy (non-hydrogen) atoms. The van der Waals surface area contributed by atoms with E-state index >= 15 is 0 Å². The Morgan fingerprint density at radius 1 is 0.550 bits per heavy atom. The van der Waals surface area contributed by atoms with Crippen molar-refractivity contribution in [1.29, 1.82) is 0 Å². The van der Waals surface area contributed by atoms with Gasteiger partial charge in [-0.25, -0.2) is 0 Å². The van der Waals surface area contributed by atoms with Crippen LogP contribution in [0, 0.1) is 10.1 Å². The molecule has 0 amide bonds. The van der Waals surface area contributed by atoms with Crippen molar-refractivity contribution in [3.8, 4) is 5.75 Å². The molecule has 0 unspecified atom stereocenters. The Labute approximate surface area is 243 Å². The first-order chi connectivity index (χ1) is 19.7. The number of nitro benzene ring substituents is 1. The van der Waals surface area contributed by atoms with Gasteiger partial charge >= 0.3 is 0 Å². The first-order valence-corrected chi connectivity index (χ1v) is 16.1. The largest absolute Gasteiger partial charge is 0.494 e. The van der Waals surface area contributed by atoms with Gasteiger partial charge in [0.05, 0.1) is 22.9 Å². The predicted octanol–water partition coefficient (Wildman–Crippen LogP) is 12.2. The van der Waals surface area contributed by atoms with Crippen molar-refractivity contribution in [1.82, 2.24) is 0 Å². The van der Waals surface area contributed by atoms with Crippen molar-refractivity contribution in [3.63, 3.8) is 0 Å². The number of nitro groups is 1. The second-order valence-electron chi connectivity index (χ2n) is 11.0. The van der Waals surface area contributed by atoms with Gasteiger partial charge in [0.25, 0.3) is 5.69 Å². The monoisotopic (exact) mass is 551 g/mol.